The Morgan fingerprint density at radius 1 is 1.65 bits per heavy atom. The maximum absolute atomic E-state index is 11.2. The molecule has 0 spiro atoms. The van der Waals surface area contributed by atoms with Crippen molar-refractivity contribution >= 4 is 11.7 Å². The van der Waals surface area contributed by atoms with Crippen LogP contribution in [-0.4, -0.2) is 41.9 Å². The molecule has 5 heteroatoms. The van der Waals surface area contributed by atoms with Crippen LogP contribution in [0.4, 0.5) is 5.69 Å². The number of ether oxygens (including phenoxy) is 1. The van der Waals surface area contributed by atoms with Gasteiger partial charge in [0.2, 0.25) is 0 Å². The Kier molecular flexibility index (Phi) is 3.28. The first-order valence-corrected chi connectivity index (χ1v) is 5.56. The third kappa shape index (κ3) is 2.39. The quantitative estimate of drug-likeness (QED) is 0.850. The molecule has 1 aliphatic heterocycles. The van der Waals surface area contributed by atoms with Crippen LogP contribution in [0.3, 0.4) is 0 Å². The van der Waals surface area contributed by atoms with Crippen molar-refractivity contribution < 1.29 is 14.6 Å². The number of aliphatic carboxylic acids is 1. The SMILES string of the molecule is COC1CC(C(=O)O)N(c2ccnc(C)c2)C1. The molecule has 2 heterocycles. The lowest BCUT2D eigenvalue weighted by atomic mass is 10.2. The summed E-state index contributed by atoms with van der Waals surface area (Å²) in [4.78, 5) is 17.2. The number of carboxylic acid groups (broad SMARTS) is 1. The van der Waals surface area contributed by atoms with Gasteiger partial charge in [-0.15, -0.1) is 0 Å². The molecular weight excluding hydrogens is 220 g/mol. The summed E-state index contributed by atoms with van der Waals surface area (Å²) < 4.78 is 5.25. The lowest BCUT2D eigenvalue weighted by Gasteiger charge is -2.23. The van der Waals surface area contributed by atoms with Gasteiger partial charge in [0.25, 0.3) is 0 Å². The van der Waals surface area contributed by atoms with Crippen molar-refractivity contribution in [2.45, 2.75) is 25.5 Å². The lowest BCUT2D eigenvalue weighted by molar-refractivity contribution is -0.138. The van der Waals surface area contributed by atoms with Crippen LogP contribution in [-0.2, 0) is 9.53 Å². The van der Waals surface area contributed by atoms with E-state index in [1.54, 1.807) is 13.3 Å². The third-order valence-electron chi connectivity index (χ3n) is 3.09. The van der Waals surface area contributed by atoms with E-state index in [0.29, 0.717) is 13.0 Å². The molecule has 1 aromatic rings. The van der Waals surface area contributed by atoms with Gasteiger partial charge >= 0.3 is 5.97 Å². The monoisotopic (exact) mass is 236 g/mol. The van der Waals surface area contributed by atoms with E-state index in [9.17, 15) is 9.90 Å². The smallest absolute Gasteiger partial charge is 0.326 e. The van der Waals surface area contributed by atoms with Crippen molar-refractivity contribution in [2.75, 3.05) is 18.6 Å². The molecule has 1 saturated heterocycles. The van der Waals surface area contributed by atoms with Crippen LogP contribution in [0.5, 0.6) is 0 Å². The zero-order valence-corrected chi connectivity index (χ0v) is 9.96. The second kappa shape index (κ2) is 4.71. The van der Waals surface area contributed by atoms with Crippen molar-refractivity contribution in [1.82, 2.24) is 4.98 Å². The standard InChI is InChI=1S/C12H16N2O3/c1-8-5-9(3-4-13-8)14-7-10(17-2)6-11(14)12(15)16/h3-5,10-11H,6-7H2,1-2H3,(H,15,16). The molecule has 0 aliphatic carbocycles. The number of nitrogens with zero attached hydrogens (tertiary/aromatic N) is 2. The van der Waals surface area contributed by atoms with Gasteiger partial charge in [-0.2, -0.15) is 0 Å². The van der Waals surface area contributed by atoms with E-state index in [0.717, 1.165) is 11.4 Å². The van der Waals surface area contributed by atoms with Gasteiger partial charge in [0.05, 0.1) is 6.10 Å². The Hall–Kier alpha value is -1.62. The number of hydrogen-bond acceptors (Lipinski definition) is 4. The fourth-order valence-corrected chi connectivity index (χ4v) is 2.20. The Balaban J connectivity index is 2.26. The molecule has 1 aromatic heterocycles. The molecule has 0 amide bonds. The summed E-state index contributed by atoms with van der Waals surface area (Å²) in [6.45, 7) is 2.50. The minimum Gasteiger partial charge on any atom is -0.480 e. The lowest BCUT2D eigenvalue weighted by Crippen LogP contribution is -2.36. The molecule has 2 unspecified atom stereocenters. The number of pyridine rings is 1. The first-order valence-electron chi connectivity index (χ1n) is 5.56. The van der Waals surface area contributed by atoms with Gasteiger partial charge in [0.15, 0.2) is 0 Å². The second-order valence-corrected chi connectivity index (χ2v) is 4.26. The molecule has 0 bridgehead atoms. The first-order chi connectivity index (χ1) is 8.11. The predicted octanol–water partition coefficient (Wildman–Crippen LogP) is 1.07. The molecular formula is C12H16N2O3. The van der Waals surface area contributed by atoms with Crippen LogP contribution in [0.2, 0.25) is 0 Å². The van der Waals surface area contributed by atoms with Gasteiger partial charge in [-0.05, 0) is 19.1 Å². The molecule has 0 radical (unpaired) electrons. The van der Waals surface area contributed by atoms with E-state index < -0.39 is 12.0 Å². The van der Waals surface area contributed by atoms with E-state index in [-0.39, 0.29) is 6.10 Å². The number of carboxylic acids is 1. The number of aryl methyl sites for hydroxylation is 1. The van der Waals surface area contributed by atoms with Crippen LogP contribution < -0.4 is 4.90 Å². The Labute approximate surface area is 100 Å². The highest BCUT2D eigenvalue weighted by molar-refractivity contribution is 5.79. The van der Waals surface area contributed by atoms with Gasteiger partial charge in [0, 0.05) is 37.7 Å². The zero-order chi connectivity index (χ0) is 12.4. The molecule has 1 aliphatic rings. The normalized spacial score (nSPS) is 24.0. The van der Waals surface area contributed by atoms with Crippen molar-refractivity contribution in [3.05, 3.63) is 24.0 Å². The Morgan fingerprint density at radius 2 is 2.41 bits per heavy atom. The highest BCUT2D eigenvalue weighted by Gasteiger charge is 2.37. The molecule has 2 atom stereocenters. The molecule has 17 heavy (non-hydrogen) atoms. The Bertz CT molecular complexity index is 422. The summed E-state index contributed by atoms with van der Waals surface area (Å²) in [5, 5.41) is 9.21. The molecule has 1 fully saturated rings. The average Bonchev–Trinajstić information content (AvgIpc) is 2.73. The third-order valence-corrected chi connectivity index (χ3v) is 3.09. The van der Waals surface area contributed by atoms with Crippen molar-refractivity contribution in [3.63, 3.8) is 0 Å². The van der Waals surface area contributed by atoms with Gasteiger partial charge in [-0.25, -0.2) is 4.79 Å². The molecule has 5 nitrogen and oxygen atoms in total. The van der Waals surface area contributed by atoms with Crippen LogP contribution in [0.25, 0.3) is 0 Å². The van der Waals surface area contributed by atoms with E-state index in [1.807, 2.05) is 24.0 Å². The largest absolute Gasteiger partial charge is 0.480 e. The molecule has 2 rings (SSSR count). The molecule has 0 saturated carbocycles. The van der Waals surface area contributed by atoms with E-state index >= 15 is 0 Å². The summed E-state index contributed by atoms with van der Waals surface area (Å²) in [6, 6.07) is 3.22. The van der Waals surface area contributed by atoms with Crippen molar-refractivity contribution in [2.24, 2.45) is 0 Å². The van der Waals surface area contributed by atoms with Crippen LogP contribution in [0, 0.1) is 6.92 Å². The van der Waals surface area contributed by atoms with Crippen molar-refractivity contribution in [3.8, 4) is 0 Å². The van der Waals surface area contributed by atoms with Crippen LogP contribution in [0.15, 0.2) is 18.3 Å². The minimum atomic E-state index is -0.806. The number of hydrogen-bond donors (Lipinski definition) is 1. The molecule has 1 N–H and O–H groups in total. The molecule has 92 valence electrons. The van der Waals surface area contributed by atoms with Gasteiger partial charge in [-0.3, -0.25) is 4.98 Å². The number of rotatable bonds is 3. The number of anilines is 1. The van der Waals surface area contributed by atoms with Crippen molar-refractivity contribution in [1.29, 1.82) is 0 Å². The highest BCUT2D eigenvalue weighted by atomic mass is 16.5. The maximum Gasteiger partial charge on any atom is 0.326 e. The van der Waals surface area contributed by atoms with Gasteiger partial charge in [0.1, 0.15) is 6.04 Å². The van der Waals surface area contributed by atoms with Gasteiger partial charge in [-0.1, -0.05) is 0 Å². The summed E-state index contributed by atoms with van der Waals surface area (Å²) in [5.41, 5.74) is 1.77. The van der Waals surface area contributed by atoms with E-state index in [4.69, 9.17) is 4.74 Å². The highest BCUT2D eigenvalue weighted by Crippen LogP contribution is 2.27. The fourth-order valence-electron chi connectivity index (χ4n) is 2.20. The first kappa shape index (κ1) is 11.9. The Morgan fingerprint density at radius 3 is 3.00 bits per heavy atom. The summed E-state index contributed by atoms with van der Waals surface area (Å²) >= 11 is 0. The minimum absolute atomic E-state index is 0.0235. The topological polar surface area (TPSA) is 62.7 Å². The summed E-state index contributed by atoms with van der Waals surface area (Å²) in [7, 11) is 1.62. The zero-order valence-electron chi connectivity index (χ0n) is 9.96. The maximum atomic E-state index is 11.2. The van der Waals surface area contributed by atoms with E-state index in [2.05, 4.69) is 4.98 Å². The van der Waals surface area contributed by atoms with E-state index in [1.165, 1.54) is 0 Å². The average molecular weight is 236 g/mol. The predicted molar refractivity (Wildman–Crippen MR) is 63.2 cm³/mol. The number of aromatic nitrogens is 1. The van der Waals surface area contributed by atoms with Gasteiger partial charge < -0.3 is 14.7 Å². The van der Waals surface area contributed by atoms with Crippen LogP contribution >= 0.6 is 0 Å². The summed E-state index contributed by atoms with van der Waals surface area (Å²) in [5.74, 6) is -0.806. The summed E-state index contributed by atoms with van der Waals surface area (Å²) in [6.07, 6.45) is 2.20. The molecule has 0 aromatic carbocycles. The fraction of sp³-hybridized carbons (Fsp3) is 0.500. The second-order valence-electron chi connectivity index (χ2n) is 4.26. The number of methoxy groups -OCH3 is 1. The van der Waals surface area contributed by atoms with Crippen LogP contribution in [0.1, 0.15) is 12.1 Å². The number of carbonyl (C=O) groups is 1.